The molecule has 1 unspecified atom stereocenters. The van der Waals surface area contributed by atoms with E-state index in [2.05, 4.69) is 15.3 Å². The van der Waals surface area contributed by atoms with E-state index in [4.69, 9.17) is 4.74 Å². The maximum atomic E-state index is 5.50. The molecule has 1 aromatic rings. The Bertz CT molecular complexity index is 310. The maximum Gasteiger partial charge on any atom is 0.316 e. The Morgan fingerprint density at radius 3 is 3.27 bits per heavy atom. The summed E-state index contributed by atoms with van der Waals surface area (Å²) in [4.78, 5) is 8.24. The fourth-order valence-electron chi connectivity index (χ4n) is 1.77. The van der Waals surface area contributed by atoms with E-state index in [0.29, 0.717) is 6.01 Å². The molecule has 0 spiro atoms. The highest BCUT2D eigenvalue weighted by atomic mass is 16.5. The van der Waals surface area contributed by atoms with Crippen LogP contribution in [0.5, 0.6) is 6.01 Å². The van der Waals surface area contributed by atoms with E-state index >= 15 is 0 Å². The first-order valence-corrected chi connectivity index (χ1v) is 5.48. The molecule has 2 heterocycles. The zero-order chi connectivity index (χ0) is 10.5. The van der Waals surface area contributed by atoms with Crippen LogP contribution in [0, 0.1) is 12.8 Å². The number of aryl methyl sites for hydroxylation is 1. The van der Waals surface area contributed by atoms with Crippen LogP contribution in [0.4, 0.5) is 0 Å². The van der Waals surface area contributed by atoms with E-state index in [1.165, 1.54) is 6.42 Å². The SMILES string of the molecule is Cc1ccnc(OCCC2CCNC2)n1. The summed E-state index contributed by atoms with van der Waals surface area (Å²) in [6.07, 6.45) is 4.08. The van der Waals surface area contributed by atoms with Crippen LogP contribution in [-0.2, 0) is 0 Å². The maximum absolute atomic E-state index is 5.50. The third-order valence-corrected chi connectivity index (χ3v) is 2.69. The Hall–Kier alpha value is -1.16. The van der Waals surface area contributed by atoms with Crippen molar-refractivity contribution in [2.24, 2.45) is 5.92 Å². The molecule has 4 heteroatoms. The first-order valence-electron chi connectivity index (χ1n) is 5.48. The summed E-state index contributed by atoms with van der Waals surface area (Å²) in [5, 5.41) is 3.34. The van der Waals surface area contributed by atoms with Crippen molar-refractivity contribution in [2.45, 2.75) is 19.8 Å². The third-order valence-electron chi connectivity index (χ3n) is 2.69. The van der Waals surface area contributed by atoms with Gasteiger partial charge in [-0.3, -0.25) is 0 Å². The predicted octanol–water partition coefficient (Wildman–Crippen LogP) is 1.16. The molecule has 1 N–H and O–H groups in total. The summed E-state index contributed by atoms with van der Waals surface area (Å²) in [6, 6.07) is 2.37. The zero-order valence-electron chi connectivity index (χ0n) is 9.07. The quantitative estimate of drug-likeness (QED) is 0.805. The predicted molar refractivity (Wildman–Crippen MR) is 57.9 cm³/mol. The number of ether oxygens (including phenoxy) is 1. The molecular weight excluding hydrogens is 190 g/mol. The summed E-state index contributed by atoms with van der Waals surface area (Å²) in [6.45, 7) is 4.93. The fourth-order valence-corrected chi connectivity index (χ4v) is 1.77. The van der Waals surface area contributed by atoms with Crippen LogP contribution < -0.4 is 10.1 Å². The van der Waals surface area contributed by atoms with Gasteiger partial charge in [0.1, 0.15) is 0 Å². The highest BCUT2D eigenvalue weighted by Gasteiger charge is 2.14. The van der Waals surface area contributed by atoms with Crippen LogP contribution in [0.25, 0.3) is 0 Å². The molecule has 1 atom stereocenters. The van der Waals surface area contributed by atoms with Crippen LogP contribution in [-0.4, -0.2) is 29.7 Å². The van der Waals surface area contributed by atoms with Crippen molar-refractivity contribution >= 4 is 0 Å². The van der Waals surface area contributed by atoms with E-state index < -0.39 is 0 Å². The molecule has 1 fully saturated rings. The average Bonchev–Trinajstić information content (AvgIpc) is 2.71. The van der Waals surface area contributed by atoms with Crippen LogP contribution in [0.2, 0.25) is 0 Å². The van der Waals surface area contributed by atoms with Crippen molar-refractivity contribution in [3.8, 4) is 6.01 Å². The van der Waals surface area contributed by atoms with Gasteiger partial charge < -0.3 is 10.1 Å². The molecule has 1 aliphatic heterocycles. The molecule has 1 saturated heterocycles. The number of hydrogen-bond acceptors (Lipinski definition) is 4. The molecule has 4 nitrogen and oxygen atoms in total. The van der Waals surface area contributed by atoms with Gasteiger partial charge in [-0.05, 0) is 44.8 Å². The molecule has 1 aromatic heterocycles. The van der Waals surface area contributed by atoms with Crippen molar-refractivity contribution in [3.63, 3.8) is 0 Å². The van der Waals surface area contributed by atoms with Gasteiger partial charge in [-0.1, -0.05) is 0 Å². The van der Waals surface area contributed by atoms with Gasteiger partial charge in [-0.2, -0.15) is 0 Å². The molecule has 2 rings (SSSR count). The molecule has 0 aliphatic carbocycles. The van der Waals surface area contributed by atoms with Crippen molar-refractivity contribution in [1.29, 1.82) is 0 Å². The van der Waals surface area contributed by atoms with E-state index in [-0.39, 0.29) is 0 Å². The number of nitrogens with zero attached hydrogens (tertiary/aromatic N) is 2. The molecule has 15 heavy (non-hydrogen) atoms. The molecule has 0 amide bonds. The van der Waals surface area contributed by atoms with E-state index in [1.54, 1.807) is 6.20 Å². The largest absolute Gasteiger partial charge is 0.463 e. The molecule has 82 valence electrons. The van der Waals surface area contributed by atoms with Gasteiger partial charge in [0, 0.05) is 11.9 Å². The fraction of sp³-hybridized carbons (Fsp3) is 0.636. The minimum Gasteiger partial charge on any atom is -0.463 e. The number of nitrogens with one attached hydrogen (secondary N) is 1. The summed E-state index contributed by atoms with van der Waals surface area (Å²) in [5.41, 5.74) is 0.947. The molecule has 0 bridgehead atoms. The van der Waals surface area contributed by atoms with Crippen LogP contribution in [0.15, 0.2) is 12.3 Å². The Kier molecular flexibility index (Phi) is 3.50. The van der Waals surface area contributed by atoms with Gasteiger partial charge >= 0.3 is 6.01 Å². The normalized spacial score (nSPS) is 20.5. The van der Waals surface area contributed by atoms with Crippen molar-refractivity contribution in [3.05, 3.63) is 18.0 Å². The van der Waals surface area contributed by atoms with Gasteiger partial charge in [-0.25, -0.2) is 9.97 Å². The first kappa shape index (κ1) is 10.4. The molecule has 0 saturated carbocycles. The van der Waals surface area contributed by atoms with Crippen molar-refractivity contribution < 1.29 is 4.74 Å². The Balaban J connectivity index is 1.73. The second kappa shape index (κ2) is 5.07. The molecule has 0 radical (unpaired) electrons. The minimum absolute atomic E-state index is 0.501. The number of rotatable bonds is 4. The lowest BCUT2D eigenvalue weighted by Crippen LogP contribution is -2.12. The van der Waals surface area contributed by atoms with E-state index in [1.807, 2.05) is 13.0 Å². The lowest BCUT2D eigenvalue weighted by atomic mass is 10.1. The minimum atomic E-state index is 0.501. The number of aromatic nitrogens is 2. The summed E-state index contributed by atoms with van der Waals surface area (Å²) < 4.78 is 5.50. The summed E-state index contributed by atoms with van der Waals surface area (Å²) in [5.74, 6) is 0.759. The highest BCUT2D eigenvalue weighted by molar-refractivity contribution is 5.02. The van der Waals surface area contributed by atoms with Gasteiger partial charge in [-0.15, -0.1) is 0 Å². The lowest BCUT2D eigenvalue weighted by Gasteiger charge is -2.08. The molecule has 1 aliphatic rings. The Labute approximate surface area is 90.1 Å². The van der Waals surface area contributed by atoms with Crippen molar-refractivity contribution in [1.82, 2.24) is 15.3 Å². The van der Waals surface area contributed by atoms with Gasteiger partial charge in [0.05, 0.1) is 6.61 Å². The molecule has 0 aromatic carbocycles. The Morgan fingerprint density at radius 2 is 2.53 bits per heavy atom. The van der Waals surface area contributed by atoms with Crippen molar-refractivity contribution in [2.75, 3.05) is 19.7 Å². The van der Waals surface area contributed by atoms with E-state index in [9.17, 15) is 0 Å². The highest BCUT2D eigenvalue weighted by Crippen LogP contribution is 2.12. The third kappa shape index (κ3) is 3.16. The topological polar surface area (TPSA) is 47.0 Å². The smallest absolute Gasteiger partial charge is 0.316 e. The second-order valence-corrected chi connectivity index (χ2v) is 3.98. The molecular formula is C11H17N3O. The van der Waals surface area contributed by atoms with Crippen LogP contribution in [0.1, 0.15) is 18.5 Å². The zero-order valence-corrected chi connectivity index (χ0v) is 9.07. The summed E-state index contributed by atoms with van der Waals surface area (Å²) >= 11 is 0. The number of hydrogen-bond donors (Lipinski definition) is 1. The van der Waals surface area contributed by atoms with Crippen LogP contribution in [0.3, 0.4) is 0 Å². The second-order valence-electron chi connectivity index (χ2n) is 3.98. The summed E-state index contributed by atoms with van der Waals surface area (Å²) in [7, 11) is 0. The first-order chi connectivity index (χ1) is 7.34. The monoisotopic (exact) mass is 207 g/mol. The average molecular weight is 207 g/mol. The Morgan fingerprint density at radius 1 is 1.60 bits per heavy atom. The van der Waals surface area contributed by atoms with Gasteiger partial charge in [0.15, 0.2) is 0 Å². The van der Waals surface area contributed by atoms with Crippen LogP contribution >= 0.6 is 0 Å². The van der Waals surface area contributed by atoms with E-state index in [0.717, 1.165) is 37.7 Å². The standard InChI is InChI=1S/C11H17N3O/c1-9-2-6-13-11(14-9)15-7-4-10-3-5-12-8-10/h2,6,10,12H,3-5,7-8H2,1H3. The van der Waals surface area contributed by atoms with Gasteiger partial charge in [0.2, 0.25) is 0 Å². The van der Waals surface area contributed by atoms with Gasteiger partial charge in [0.25, 0.3) is 0 Å². The lowest BCUT2D eigenvalue weighted by molar-refractivity contribution is 0.263.